The summed E-state index contributed by atoms with van der Waals surface area (Å²) >= 11 is 0. The van der Waals surface area contributed by atoms with Crippen LogP contribution in [-0.2, 0) is 0 Å². The summed E-state index contributed by atoms with van der Waals surface area (Å²) in [7, 11) is 0. The quantitative estimate of drug-likeness (QED) is 0.385. The molecule has 6 heteroatoms. The van der Waals surface area contributed by atoms with Crippen LogP contribution in [0.4, 0.5) is 0 Å². The summed E-state index contributed by atoms with van der Waals surface area (Å²) in [6, 6.07) is 0. The van der Waals surface area contributed by atoms with Gasteiger partial charge < -0.3 is 16.4 Å². The van der Waals surface area contributed by atoms with Crippen molar-refractivity contribution in [1.29, 1.82) is 5.41 Å². The van der Waals surface area contributed by atoms with Gasteiger partial charge in [0.25, 0.3) is 0 Å². The summed E-state index contributed by atoms with van der Waals surface area (Å²) in [5, 5.41) is 9.43. The first-order valence-electron chi connectivity index (χ1n) is 5.71. The van der Waals surface area contributed by atoms with E-state index in [2.05, 4.69) is 22.1 Å². The van der Waals surface area contributed by atoms with E-state index in [1.54, 1.807) is 0 Å². The molecule has 0 radical (unpaired) electrons. The van der Waals surface area contributed by atoms with Gasteiger partial charge in [0.2, 0.25) is 0 Å². The Bertz CT molecular complexity index is 254. The molecule has 0 saturated carbocycles. The van der Waals surface area contributed by atoms with Gasteiger partial charge in [-0.3, -0.25) is 15.7 Å². The van der Waals surface area contributed by atoms with Crippen molar-refractivity contribution in [2.24, 2.45) is 22.4 Å². The van der Waals surface area contributed by atoms with E-state index in [0.29, 0.717) is 6.54 Å². The maximum Gasteiger partial charge on any atom is 0.195 e. The fourth-order valence-electron chi connectivity index (χ4n) is 1.78. The summed E-state index contributed by atoms with van der Waals surface area (Å²) in [6.07, 6.45) is 2.54. The molecular formula is C10H22N6. The van der Waals surface area contributed by atoms with Crippen molar-refractivity contribution >= 4 is 11.9 Å². The van der Waals surface area contributed by atoms with Crippen molar-refractivity contribution in [2.75, 3.05) is 26.2 Å². The molecule has 0 aromatic heterocycles. The van der Waals surface area contributed by atoms with Crippen LogP contribution in [0.25, 0.3) is 0 Å². The number of hydrogen-bond acceptors (Lipinski definition) is 3. The van der Waals surface area contributed by atoms with Crippen LogP contribution >= 0.6 is 0 Å². The van der Waals surface area contributed by atoms with Gasteiger partial charge >= 0.3 is 0 Å². The van der Waals surface area contributed by atoms with Crippen LogP contribution in [-0.4, -0.2) is 43.0 Å². The minimum absolute atomic E-state index is 0.173. The van der Waals surface area contributed by atoms with Crippen molar-refractivity contribution in [3.05, 3.63) is 0 Å². The summed E-state index contributed by atoms with van der Waals surface area (Å²) in [5.41, 5.74) is 10.6. The Morgan fingerprint density at radius 2 is 2.06 bits per heavy atom. The molecule has 6 nitrogen and oxygen atoms in total. The average molecular weight is 226 g/mol. The maximum atomic E-state index is 6.97. The van der Waals surface area contributed by atoms with Crippen molar-refractivity contribution in [1.82, 2.24) is 10.2 Å². The standard InChI is InChI=1S/C10H22N6/c1-8-2-5-16(6-3-8)7-4-14-10(13)15-9(11)12/h8H,2-7H2,1H3,(H6,11,12,13,14,15). The van der Waals surface area contributed by atoms with E-state index in [1.165, 1.54) is 12.8 Å². The lowest BCUT2D eigenvalue weighted by Crippen LogP contribution is -2.41. The third-order valence-corrected chi connectivity index (χ3v) is 2.84. The lowest BCUT2D eigenvalue weighted by atomic mass is 9.99. The predicted molar refractivity (Wildman–Crippen MR) is 66.4 cm³/mol. The van der Waals surface area contributed by atoms with Crippen LogP contribution in [0, 0.1) is 11.3 Å². The molecule has 1 heterocycles. The fraction of sp³-hybridized carbons (Fsp3) is 0.800. The van der Waals surface area contributed by atoms with E-state index >= 15 is 0 Å². The molecule has 16 heavy (non-hydrogen) atoms. The molecule has 1 fully saturated rings. The Morgan fingerprint density at radius 1 is 1.44 bits per heavy atom. The van der Waals surface area contributed by atoms with Gasteiger partial charge in [-0.1, -0.05) is 6.92 Å². The molecule has 6 N–H and O–H groups in total. The highest BCUT2D eigenvalue weighted by atomic mass is 15.2. The minimum atomic E-state index is -0.173. The number of aliphatic imine (C=N–C) groups is 1. The molecule has 1 aliphatic heterocycles. The number of nitrogens with two attached hydrogens (primary N) is 2. The molecule has 0 atom stereocenters. The smallest absolute Gasteiger partial charge is 0.195 e. The van der Waals surface area contributed by atoms with E-state index in [1.807, 2.05) is 0 Å². The summed E-state index contributed by atoms with van der Waals surface area (Å²) in [5.74, 6) is 0.898. The zero-order valence-corrected chi connectivity index (χ0v) is 9.87. The molecule has 1 rings (SSSR count). The van der Waals surface area contributed by atoms with E-state index in [4.69, 9.17) is 16.9 Å². The largest absolute Gasteiger partial charge is 0.370 e. The van der Waals surface area contributed by atoms with Gasteiger partial charge in [0, 0.05) is 6.54 Å². The number of piperidine rings is 1. The van der Waals surface area contributed by atoms with Crippen molar-refractivity contribution in [2.45, 2.75) is 19.8 Å². The zero-order chi connectivity index (χ0) is 12.0. The van der Waals surface area contributed by atoms with Crippen LogP contribution < -0.4 is 16.8 Å². The third-order valence-electron chi connectivity index (χ3n) is 2.84. The molecule has 0 amide bonds. The summed E-state index contributed by atoms with van der Waals surface area (Å²) < 4.78 is 0. The van der Waals surface area contributed by atoms with Crippen LogP contribution in [0.5, 0.6) is 0 Å². The molecule has 0 aliphatic carbocycles. The van der Waals surface area contributed by atoms with E-state index in [-0.39, 0.29) is 11.9 Å². The third kappa shape index (κ3) is 4.97. The first-order valence-corrected chi connectivity index (χ1v) is 5.71. The van der Waals surface area contributed by atoms with E-state index < -0.39 is 0 Å². The lowest BCUT2D eigenvalue weighted by molar-refractivity contribution is 0.197. The van der Waals surface area contributed by atoms with Crippen LogP contribution in [0.15, 0.2) is 4.99 Å². The molecule has 0 aromatic rings. The van der Waals surface area contributed by atoms with Crippen LogP contribution in [0.2, 0.25) is 0 Å². The molecule has 92 valence electrons. The minimum Gasteiger partial charge on any atom is -0.370 e. The highest BCUT2D eigenvalue weighted by molar-refractivity contribution is 5.95. The van der Waals surface area contributed by atoms with Crippen LogP contribution in [0.1, 0.15) is 19.8 Å². The average Bonchev–Trinajstić information content (AvgIpc) is 2.20. The molecule has 1 saturated heterocycles. The Morgan fingerprint density at radius 3 is 2.62 bits per heavy atom. The van der Waals surface area contributed by atoms with Crippen molar-refractivity contribution in [3.8, 4) is 0 Å². The monoisotopic (exact) mass is 226 g/mol. The Hall–Kier alpha value is -1.30. The summed E-state index contributed by atoms with van der Waals surface area (Å²) in [6.45, 7) is 6.17. The van der Waals surface area contributed by atoms with Crippen molar-refractivity contribution in [3.63, 3.8) is 0 Å². The van der Waals surface area contributed by atoms with Gasteiger partial charge in [-0.25, -0.2) is 0 Å². The van der Waals surface area contributed by atoms with Gasteiger partial charge in [-0.15, -0.1) is 0 Å². The molecule has 0 spiro atoms. The number of likely N-dealkylation sites (tertiary alicyclic amines) is 1. The molecular weight excluding hydrogens is 204 g/mol. The lowest BCUT2D eigenvalue weighted by Gasteiger charge is -2.29. The molecule has 0 bridgehead atoms. The van der Waals surface area contributed by atoms with Gasteiger partial charge in [0.1, 0.15) is 0 Å². The van der Waals surface area contributed by atoms with E-state index in [0.717, 1.165) is 25.6 Å². The highest BCUT2D eigenvalue weighted by Crippen LogP contribution is 2.15. The SMILES string of the molecule is CC1CCN(CCN=C(N)NC(=N)N)CC1. The Kier molecular flexibility index (Phi) is 5.04. The number of rotatable bonds is 3. The van der Waals surface area contributed by atoms with E-state index in [9.17, 15) is 0 Å². The number of hydrogen-bond donors (Lipinski definition) is 4. The van der Waals surface area contributed by atoms with Gasteiger partial charge in [0.15, 0.2) is 11.9 Å². The van der Waals surface area contributed by atoms with Crippen LogP contribution in [0.3, 0.4) is 0 Å². The highest BCUT2D eigenvalue weighted by Gasteiger charge is 2.14. The second-order valence-electron chi connectivity index (χ2n) is 4.33. The van der Waals surface area contributed by atoms with Gasteiger partial charge in [0.05, 0.1) is 6.54 Å². The zero-order valence-electron chi connectivity index (χ0n) is 9.87. The second kappa shape index (κ2) is 6.32. The number of nitrogens with one attached hydrogen (secondary N) is 2. The molecule has 0 aromatic carbocycles. The maximum absolute atomic E-state index is 6.97. The molecule has 1 aliphatic rings. The Balaban J connectivity index is 2.17. The second-order valence-corrected chi connectivity index (χ2v) is 4.33. The first-order chi connectivity index (χ1) is 7.58. The number of nitrogens with zero attached hydrogens (tertiary/aromatic N) is 2. The van der Waals surface area contributed by atoms with Crippen molar-refractivity contribution < 1.29 is 0 Å². The summed E-state index contributed by atoms with van der Waals surface area (Å²) in [4.78, 5) is 6.49. The van der Waals surface area contributed by atoms with Gasteiger partial charge in [-0.2, -0.15) is 0 Å². The fourth-order valence-corrected chi connectivity index (χ4v) is 1.78. The predicted octanol–water partition coefficient (Wildman–Crippen LogP) is -0.484. The number of guanidine groups is 2. The normalized spacial score (nSPS) is 19.7. The topological polar surface area (TPSA) is 104 Å². The van der Waals surface area contributed by atoms with Gasteiger partial charge in [-0.05, 0) is 31.8 Å². The Labute approximate surface area is 96.6 Å². The molecule has 0 unspecified atom stereocenters. The first kappa shape index (κ1) is 12.8.